The molecule has 0 saturated heterocycles. The SMILES string of the molecule is CCCC[C@H](CN(O)OCc1ccccc1)C(=O)N[C@H](C(=O)N(C)C)C(C)(C)C. The van der Waals surface area contributed by atoms with E-state index in [4.69, 9.17) is 4.84 Å². The van der Waals surface area contributed by atoms with Crippen LogP contribution in [0.25, 0.3) is 0 Å². The summed E-state index contributed by atoms with van der Waals surface area (Å²) in [6, 6.07) is 8.85. The van der Waals surface area contributed by atoms with Crippen molar-refractivity contribution in [1.82, 2.24) is 15.4 Å². The molecule has 0 aliphatic carbocycles. The van der Waals surface area contributed by atoms with Gasteiger partial charge < -0.3 is 10.2 Å². The fourth-order valence-corrected chi connectivity index (χ4v) is 2.89. The zero-order valence-corrected chi connectivity index (χ0v) is 18.6. The lowest BCUT2D eigenvalue weighted by Crippen LogP contribution is -2.55. The number of hydrogen-bond donors (Lipinski definition) is 2. The number of hydroxylamine groups is 2. The van der Waals surface area contributed by atoms with Crippen LogP contribution in [-0.4, -0.2) is 53.8 Å². The molecule has 0 aromatic heterocycles. The first-order chi connectivity index (χ1) is 13.6. The predicted octanol–water partition coefficient (Wildman–Crippen LogP) is 3.23. The Labute approximate surface area is 174 Å². The zero-order valence-electron chi connectivity index (χ0n) is 18.6. The second-order valence-corrected chi connectivity index (χ2v) is 8.67. The van der Waals surface area contributed by atoms with Crippen molar-refractivity contribution < 1.29 is 19.6 Å². The Hall–Kier alpha value is -1.96. The van der Waals surface area contributed by atoms with E-state index >= 15 is 0 Å². The van der Waals surface area contributed by atoms with E-state index in [9.17, 15) is 14.8 Å². The van der Waals surface area contributed by atoms with Crippen LogP contribution in [0.4, 0.5) is 0 Å². The van der Waals surface area contributed by atoms with E-state index in [1.807, 2.05) is 58.0 Å². The van der Waals surface area contributed by atoms with Crippen molar-refractivity contribution >= 4 is 11.8 Å². The summed E-state index contributed by atoms with van der Waals surface area (Å²) in [5.74, 6) is -0.896. The minimum Gasteiger partial charge on any atom is -0.347 e. The first-order valence-corrected chi connectivity index (χ1v) is 10.2. The smallest absolute Gasteiger partial charge is 0.245 e. The molecule has 0 aliphatic heterocycles. The highest BCUT2D eigenvalue weighted by molar-refractivity contribution is 5.89. The number of benzene rings is 1. The summed E-state index contributed by atoms with van der Waals surface area (Å²) < 4.78 is 0. The highest BCUT2D eigenvalue weighted by Gasteiger charge is 2.35. The monoisotopic (exact) mass is 407 g/mol. The van der Waals surface area contributed by atoms with E-state index in [-0.39, 0.29) is 25.0 Å². The Morgan fingerprint density at radius 1 is 1.17 bits per heavy atom. The Balaban J connectivity index is 2.78. The van der Waals surface area contributed by atoms with Crippen molar-refractivity contribution in [2.24, 2.45) is 11.3 Å². The third-order valence-electron chi connectivity index (χ3n) is 4.72. The third-order valence-corrected chi connectivity index (χ3v) is 4.72. The molecule has 7 heteroatoms. The molecule has 0 saturated carbocycles. The van der Waals surface area contributed by atoms with Gasteiger partial charge in [0, 0.05) is 14.1 Å². The molecule has 0 bridgehead atoms. The van der Waals surface area contributed by atoms with Gasteiger partial charge in [0.15, 0.2) is 0 Å². The molecule has 0 spiro atoms. The van der Waals surface area contributed by atoms with Gasteiger partial charge in [0.05, 0.1) is 19.1 Å². The number of nitrogens with zero attached hydrogens (tertiary/aromatic N) is 2. The average Bonchev–Trinajstić information content (AvgIpc) is 2.66. The van der Waals surface area contributed by atoms with E-state index in [1.54, 1.807) is 14.1 Å². The highest BCUT2D eigenvalue weighted by atomic mass is 16.9. The summed E-state index contributed by atoms with van der Waals surface area (Å²) in [6.45, 7) is 8.05. The molecule has 1 rings (SSSR count). The Morgan fingerprint density at radius 2 is 1.79 bits per heavy atom. The summed E-state index contributed by atoms with van der Waals surface area (Å²) in [5, 5.41) is 13.8. The number of unbranched alkanes of at least 4 members (excludes halogenated alkanes) is 1. The van der Waals surface area contributed by atoms with E-state index in [0.29, 0.717) is 6.42 Å². The lowest BCUT2D eigenvalue weighted by Gasteiger charge is -2.33. The van der Waals surface area contributed by atoms with Gasteiger partial charge in [-0.05, 0) is 17.4 Å². The van der Waals surface area contributed by atoms with Gasteiger partial charge in [-0.15, -0.1) is 0 Å². The van der Waals surface area contributed by atoms with Crippen LogP contribution in [0.5, 0.6) is 0 Å². The third kappa shape index (κ3) is 8.94. The molecule has 2 N–H and O–H groups in total. The van der Waals surface area contributed by atoms with Gasteiger partial charge in [-0.25, -0.2) is 0 Å². The standard InChI is InChI=1S/C22H37N3O4/c1-7-8-14-18(15-25(28)29-16-17-12-10-9-11-13-17)20(26)23-19(22(2,3)4)21(27)24(5)6/h9-13,18-19,28H,7-8,14-16H2,1-6H3,(H,23,26)/t18-,19-/m1/s1. The maximum atomic E-state index is 13.0. The normalized spacial score (nSPS) is 13.8. The summed E-state index contributed by atoms with van der Waals surface area (Å²) >= 11 is 0. The Kier molecular flexibility index (Phi) is 10.3. The number of amides is 2. The summed E-state index contributed by atoms with van der Waals surface area (Å²) in [6.07, 6.45) is 2.37. The maximum Gasteiger partial charge on any atom is 0.245 e. The van der Waals surface area contributed by atoms with Crippen molar-refractivity contribution in [2.75, 3.05) is 20.6 Å². The molecule has 0 aliphatic rings. The molecule has 7 nitrogen and oxygen atoms in total. The second-order valence-electron chi connectivity index (χ2n) is 8.67. The number of carbonyl (C=O) groups excluding carboxylic acids is 2. The van der Waals surface area contributed by atoms with Crippen LogP contribution < -0.4 is 5.32 Å². The van der Waals surface area contributed by atoms with Gasteiger partial charge >= 0.3 is 0 Å². The quantitative estimate of drug-likeness (QED) is 0.551. The van der Waals surface area contributed by atoms with Gasteiger partial charge in [0.1, 0.15) is 6.04 Å². The predicted molar refractivity (Wildman–Crippen MR) is 113 cm³/mol. The minimum atomic E-state index is -0.647. The van der Waals surface area contributed by atoms with Crippen LogP contribution in [-0.2, 0) is 21.0 Å². The number of nitrogens with one attached hydrogen (secondary N) is 1. The number of carbonyl (C=O) groups is 2. The van der Waals surface area contributed by atoms with Crippen LogP contribution >= 0.6 is 0 Å². The van der Waals surface area contributed by atoms with Crippen molar-refractivity contribution in [3.8, 4) is 0 Å². The molecule has 0 heterocycles. The van der Waals surface area contributed by atoms with Crippen LogP contribution in [0.15, 0.2) is 30.3 Å². The first-order valence-electron chi connectivity index (χ1n) is 10.2. The minimum absolute atomic E-state index is 0.0334. The van der Waals surface area contributed by atoms with Crippen molar-refractivity contribution in [3.63, 3.8) is 0 Å². The average molecular weight is 408 g/mol. The fraction of sp³-hybridized carbons (Fsp3) is 0.636. The van der Waals surface area contributed by atoms with E-state index in [0.717, 1.165) is 23.6 Å². The first kappa shape index (κ1) is 25.1. The van der Waals surface area contributed by atoms with Crippen LogP contribution in [0.3, 0.4) is 0 Å². The van der Waals surface area contributed by atoms with Crippen LogP contribution in [0, 0.1) is 11.3 Å². The molecule has 1 aromatic rings. The molecule has 0 unspecified atom stereocenters. The summed E-state index contributed by atoms with van der Waals surface area (Å²) in [4.78, 5) is 32.4. The molecule has 2 atom stereocenters. The van der Waals surface area contributed by atoms with E-state index in [2.05, 4.69) is 5.32 Å². The lowest BCUT2D eigenvalue weighted by molar-refractivity contribution is -0.350. The molecule has 0 fully saturated rings. The molecular weight excluding hydrogens is 370 g/mol. The van der Waals surface area contributed by atoms with Crippen molar-refractivity contribution in [3.05, 3.63) is 35.9 Å². The highest BCUT2D eigenvalue weighted by Crippen LogP contribution is 2.22. The summed E-state index contributed by atoms with van der Waals surface area (Å²) in [5.41, 5.74) is 0.486. The van der Waals surface area contributed by atoms with Gasteiger partial charge in [-0.3, -0.25) is 19.6 Å². The van der Waals surface area contributed by atoms with Crippen LogP contribution in [0.2, 0.25) is 0 Å². The largest absolute Gasteiger partial charge is 0.347 e. The number of rotatable bonds is 11. The van der Waals surface area contributed by atoms with Crippen molar-refractivity contribution in [2.45, 2.75) is 59.6 Å². The van der Waals surface area contributed by atoms with Crippen LogP contribution in [0.1, 0.15) is 52.5 Å². The maximum absolute atomic E-state index is 13.0. The molecule has 0 radical (unpaired) electrons. The fourth-order valence-electron chi connectivity index (χ4n) is 2.89. The van der Waals surface area contributed by atoms with E-state index in [1.165, 1.54) is 4.90 Å². The summed E-state index contributed by atoms with van der Waals surface area (Å²) in [7, 11) is 3.35. The second kappa shape index (κ2) is 11.9. The Morgan fingerprint density at radius 3 is 2.31 bits per heavy atom. The molecule has 2 amide bonds. The molecular formula is C22H37N3O4. The van der Waals surface area contributed by atoms with E-state index < -0.39 is 17.4 Å². The van der Waals surface area contributed by atoms with Gasteiger partial charge in [-0.2, -0.15) is 0 Å². The van der Waals surface area contributed by atoms with Gasteiger partial charge in [0.25, 0.3) is 0 Å². The number of likely N-dealkylation sites (N-methyl/N-ethyl adjacent to an activating group) is 1. The molecule has 164 valence electrons. The molecule has 1 aromatic carbocycles. The topological polar surface area (TPSA) is 82.1 Å². The van der Waals surface area contributed by atoms with Gasteiger partial charge in [-0.1, -0.05) is 76.1 Å². The molecule has 29 heavy (non-hydrogen) atoms. The Bertz CT molecular complexity index is 629. The van der Waals surface area contributed by atoms with Gasteiger partial charge in [0.2, 0.25) is 11.8 Å². The number of hydrogen-bond acceptors (Lipinski definition) is 5. The lowest BCUT2D eigenvalue weighted by atomic mass is 9.85. The zero-order chi connectivity index (χ0) is 22.0. The van der Waals surface area contributed by atoms with Crippen molar-refractivity contribution in [1.29, 1.82) is 0 Å².